The summed E-state index contributed by atoms with van der Waals surface area (Å²) in [5.74, 6) is 0.760. The molecule has 2 heterocycles. The van der Waals surface area contributed by atoms with Crippen molar-refractivity contribution in [2.45, 2.75) is 45.3 Å². The second-order valence-electron chi connectivity index (χ2n) is 6.52. The summed E-state index contributed by atoms with van der Waals surface area (Å²) in [5.41, 5.74) is -0.476. The van der Waals surface area contributed by atoms with Gasteiger partial charge in [-0.1, -0.05) is 0 Å². The highest BCUT2D eigenvalue weighted by Crippen LogP contribution is 2.22. The number of carbonyl (C=O) groups is 1. The second-order valence-corrected chi connectivity index (χ2v) is 6.86. The zero-order valence-corrected chi connectivity index (χ0v) is 14.3. The molecular formula is C15H23ClN4O2. The lowest BCUT2D eigenvalue weighted by Gasteiger charge is -2.38. The summed E-state index contributed by atoms with van der Waals surface area (Å²) in [7, 11) is 1.96. The number of rotatable bonds is 2. The Balaban J connectivity index is 2.02. The number of carbonyl (C=O) groups excluding carboxylic acids is 1. The van der Waals surface area contributed by atoms with E-state index in [1.165, 1.54) is 0 Å². The highest BCUT2D eigenvalue weighted by atomic mass is 35.5. The van der Waals surface area contributed by atoms with Crippen LogP contribution in [0.2, 0.25) is 5.28 Å². The lowest BCUT2D eigenvalue weighted by atomic mass is 10.0. The summed E-state index contributed by atoms with van der Waals surface area (Å²) in [4.78, 5) is 24.1. The van der Waals surface area contributed by atoms with E-state index in [0.29, 0.717) is 6.54 Å². The van der Waals surface area contributed by atoms with Crippen molar-refractivity contribution in [2.24, 2.45) is 0 Å². The molecule has 1 aromatic heterocycles. The molecule has 7 heteroatoms. The maximum atomic E-state index is 12.2. The van der Waals surface area contributed by atoms with Gasteiger partial charge in [-0.25, -0.2) is 14.8 Å². The topological polar surface area (TPSA) is 58.6 Å². The largest absolute Gasteiger partial charge is 0.444 e. The fourth-order valence-electron chi connectivity index (χ4n) is 2.47. The Kier molecular flexibility index (Phi) is 5.11. The van der Waals surface area contributed by atoms with Gasteiger partial charge in [0.05, 0.1) is 0 Å². The minimum absolute atomic E-state index is 0.187. The average molecular weight is 327 g/mol. The van der Waals surface area contributed by atoms with Crippen LogP contribution in [0.3, 0.4) is 0 Å². The number of anilines is 1. The number of likely N-dealkylation sites (N-methyl/N-ethyl adjacent to an activating group) is 1. The molecule has 2 rings (SSSR count). The van der Waals surface area contributed by atoms with Crippen molar-refractivity contribution < 1.29 is 9.53 Å². The van der Waals surface area contributed by atoms with Crippen molar-refractivity contribution in [1.82, 2.24) is 14.9 Å². The molecule has 1 saturated heterocycles. The molecule has 22 heavy (non-hydrogen) atoms. The Labute approximate surface area is 136 Å². The van der Waals surface area contributed by atoms with E-state index >= 15 is 0 Å². The maximum Gasteiger partial charge on any atom is 0.410 e. The third-order valence-corrected chi connectivity index (χ3v) is 3.75. The summed E-state index contributed by atoms with van der Waals surface area (Å²) >= 11 is 5.85. The average Bonchev–Trinajstić information content (AvgIpc) is 2.45. The normalized spacial score (nSPS) is 19.0. The predicted octanol–water partition coefficient (Wildman–Crippen LogP) is 2.97. The molecule has 1 aromatic rings. The van der Waals surface area contributed by atoms with E-state index in [0.717, 1.165) is 25.2 Å². The molecule has 0 bridgehead atoms. The van der Waals surface area contributed by atoms with Gasteiger partial charge in [-0.3, -0.25) is 0 Å². The van der Waals surface area contributed by atoms with Crippen LogP contribution >= 0.6 is 11.6 Å². The van der Waals surface area contributed by atoms with E-state index in [-0.39, 0.29) is 17.4 Å². The van der Waals surface area contributed by atoms with Gasteiger partial charge in [-0.15, -0.1) is 0 Å². The van der Waals surface area contributed by atoms with E-state index in [1.54, 1.807) is 11.1 Å². The predicted molar refractivity (Wildman–Crippen MR) is 86.3 cm³/mol. The first kappa shape index (κ1) is 16.8. The maximum absolute atomic E-state index is 12.2. The fourth-order valence-corrected chi connectivity index (χ4v) is 2.62. The molecule has 0 aliphatic carbocycles. The summed E-state index contributed by atoms with van der Waals surface area (Å²) < 4.78 is 5.45. The number of hydrogen-bond donors (Lipinski definition) is 0. The van der Waals surface area contributed by atoms with Gasteiger partial charge in [0.1, 0.15) is 11.4 Å². The number of hydrogen-bond acceptors (Lipinski definition) is 5. The quantitative estimate of drug-likeness (QED) is 0.782. The minimum Gasteiger partial charge on any atom is -0.444 e. The van der Waals surface area contributed by atoms with Crippen LogP contribution in [0.15, 0.2) is 12.3 Å². The van der Waals surface area contributed by atoms with E-state index in [1.807, 2.05) is 38.8 Å². The molecule has 1 fully saturated rings. The fraction of sp³-hybridized carbons (Fsp3) is 0.667. The Hall–Kier alpha value is -1.56. The molecule has 1 atom stereocenters. The third kappa shape index (κ3) is 4.47. The highest BCUT2D eigenvalue weighted by molar-refractivity contribution is 6.28. The Morgan fingerprint density at radius 3 is 2.86 bits per heavy atom. The molecule has 6 nitrogen and oxygen atoms in total. The zero-order valence-electron chi connectivity index (χ0n) is 13.5. The SMILES string of the molecule is CN(c1ccnc(Cl)n1)C1CCCN(C(=O)OC(C)(C)C)C1. The second kappa shape index (κ2) is 6.69. The van der Waals surface area contributed by atoms with Crippen LogP contribution in [0.25, 0.3) is 0 Å². The molecule has 0 saturated carbocycles. The van der Waals surface area contributed by atoms with Crippen LogP contribution < -0.4 is 4.90 Å². The molecule has 1 amide bonds. The molecule has 1 unspecified atom stereocenters. The zero-order chi connectivity index (χ0) is 16.3. The molecule has 1 aliphatic rings. The first-order valence-corrected chi connectivity index (χ1v) is 7.83. The number of aromatic nitrogens is 2. The molecule has 122 valence electrons. The number of nitrogens with zero attached hydrogens (tertiary/aromatic N) is 4. The van der Waals surface area contributed by atoms with Crippen molar-refractivity contribution >= 4 is 23.5 Å². The third-order valence-electron chi connectivity index (χ3n) is 3.57. The van der Waals surface area contributed by atoms with Gasteiger partial charge in [0, 0.05) is 32.4 Å². The summed E-state index contributed by atoms with van der Waals surface area (Å²) in [6.45, 7) is 6.97. The van der Waals surface area contributed by atoms with Gasteiger partial charge >= 0.3 is 6.09 Å². The van der Waals surface area contributed by atoms with Crippen LogP contribution in [0.4, 0.5) is 10.6 Å². The van der Waals surface area contributed by atoms with Crippen LogP contribution in [0, 0.1) is 0 Å². The standard InChI is InChI=1S/C15H23ClN4O2/c1-15(2,3)22-14(21)20-9-5-6-11(10-20)19(4)12-7-8-17-13(16)18-12/h7-8,11H,5-6,9-10H2,1-4H3. The van der Waals surface area contributed by atoms with Crippen molar-refractivity contribution in [3.05, 3.63) is 17.5 Å². The van der Waals surface area contributed by atoms with E-state index in [4.69, 9.17) is 16.3 Å². The van der Waals surface area contributed by atoms with Crippen LogP contribution in [-0.2, 0) is 4.74 Å². The first-order valence-electron chi connectivity index (χ1n) is 7.45. The summed E-state index contributed by atoms with van der Waals surface area (Å²) in [5, 5.41) is 0.226. The van der Waals surface area contributed by atoms with Gasteiger partial charge in [0.15, 0.2) is 0 Å². The Bertz CT molecular complexity index is 533. The first-order chi connectivity index (χ1) is 10.3. The van der Waals surface area contributed by atoms with E-state index < -0.39 is 5.60 Å². The molecule has 0 spiro atoms. The van der Waals surface area contributed by atoms with Gasteiger partial charge in [0.2, 0.25) is 5.28 Å². The van der Waals surface area contributed by atoms with Crippen LogP contribution in [-0.4, -0.2) is 52.7 Å². The smallest absolute Gasteiger partial charge is 0.410 e. The molecular weight excluding hydrogens is 304 g/mol. The van der Waals surface area contributed by atoms with Crippen molar-refractivity contribution in [3.63, 3.8) is 0 Å². The van der Waals surface area contributed by atoms with Crippen LogP contribution in [0.1, 0.15) is 33.6 Å². The molecule has 0 radical (unpaired) electrons. The van der Waals surface area contributed by atoms with Crippen molar-refractivity contribution in [1.29, 1.82) is 0 Å². The number of likely N-dealkylation sites (tertiary alicyclic amines) is 1. The van der Waals surface area contributed by atoms with Gasteiger partial charge in [-0.05, 0) is 51.3 Å². The number of piperidine rings is 1. The molecule has 0 aromatic carbocycles. The monoisotopic (exact) mass is 326 g/mol. The minimum atomic E-state index is -0.476. The Morgan fingerprint density at radius 1 is 1.50 bits per heavy atom. The lowest BCUT2D eigenvalue weighted by molar-refractivity contribution is 0.0199. The summed E-state index contributed by atoms with van der Waals surface area (Å²) in [6, 6.07) is 2.01. The molecule has 0 N–H and O–H groups in total. The summed E-state index contributed by atoms with van der Waals surface area (Å²) in [6.07, 6.45) is 3.31. The Morgan fingerprint density at radius 2 is 2.23 bits per heavy atom. The molecule has 1 aliphatic heterocycles. The van der Waals surface area contributed by atoms with E-state index in [9.17, 15) is 4.79 Å². The highest BCUT2D eigenvalue weighted by Gasteiger charge is 2.29. The van der Waals surface area contributed by atoms with Crippen molar-refractivity contribution in [3.8, 4) is 0 Å². The van der Waals surface area contributed by atoms with Gasteiger partial charge < -0.3 is 14.5 Å². The van der Waals surface area contributed by atoms with Crippen molar-refractivity contribution in [2.75, 3.05) is 25.0 Å². The van der Waals surface area contributed by atoms with Gasteiger partial charge in [0.25, 0.3) is 0 Å². The number of amides is 1. The number of halogens is 1. The van der Waals surface area contributed by atoms with E-state index in [2.05, 4.69) is 9.97 Å². The van der Waals surface area contributed by atoms with Crippen LogP contribution in [0.5, 0.6) is 0 Å². The lowest BCUT2D eigenvalue weighted by Crippen LogP contribution is -2.50. The van der Waals surface area contributed by atoms with Gasteiger partial charge in [-0.2, -0.15) is 0 Å². The number of ether oxygens (including phenoxy) is 1.